The second kappa shape index (κ2) is 7.82. The molecule has 2 atom stereocenters. The highest BCUT2D eigenvalue weighted by molar-refractivity contribution is 7.99. The van der Waals surface area contributed by atoms with E-state index < -0.39 is 0 Å². The predicted octanol–water partition coefficient (Wildman–Crippen LogP) is 4.32. The molecule has 1 aliphatic carbocycles. The first-order valence-electron chi connectivity index (χ1n) is 9.53. The first-order valence-corrected chi connectivity index (χ1v) is 10.5. The van der Waals surface area contributed by atoms with Crippen molar-refractivity contribution in [2.24, 2.45) is 5.92 Å². The third kappa shape index (κ3) is 3.80. The summed E-state index contributed by atoms with van der Waals surface area (Å²) in [6.07, 6.45) is 7.44. The number of carbonyl (C=O) groups is 1. The third-order valence-corrected chi connectivity index (χ3v) is 6.36. The molecule has 2 heterocycles. The molecule has 1 amide bonds. The number of hydrogen-bond donors (Lipinski definition) is 0. The van der Waals surface area contributed by atoms with Gasteiger partial charge >= 0.3 is 0 Å². The molecule has 0 radical (unpaired) electrons. The molecule has 1 aromatic heterocycles. The van der Waals surface area contributed by atoms with Crippen molar-refractivity contribution in [1.82, 2.24) is 15.1 Å². The fraction of sp³-hybridized carbons (Fsp3) is 0.550. The highest BCUT2D eigenvalue weighted by Gasteiger charge is 2.35. The van der Waals surface area contributed by atoms with E-state index in [1.54, 1.807) is 0 Å². The Morgan fingerprint density at radius 3 is 2.96 bits per heavy atom. The number of piperidine rings is 1. The maximum atomic E-state index is 12.8. The number of nitrogens with zero attached hydrogens (tertiary/aromatic N) is 3. The molecule has 0 N–H and O–H groups in total. The van der Waals surface area contributed by atoms with Gasteiger partial charge in [-0.25, -0.2) is 0 Å². The molecule has 26 heavy (non-hydrogen) atoms. The van der Waals surface area contributed by atoms with E-state index >= 15 is 0 Å². The molecule has 1 aromatic carbocycles. The lowest BCUT2D eigenvalue weighted by Crippen LogP contribution is -2.50. The molecular formula is C20H25N3O2S. The van der Waals surface area contributed by atoms with Gasteiger partial charge in [-0.3, -0.25) is 4.79 Å². The number of fused-ring (bicyclic) bond motifs is 1. The maximum absolute atomic E-state index is 12.8. The van der Waals surface area contributed by atoms with Crippen molar-refractivity contribution >= 4 is 17.7 Å². The molecule has 2 aliphatic rings. The molecule has 0 unspecified atom stereocenters. The fourth-order valence-electron chi connectivity index (χ4n) is 4.30. The molecular weight excluding hydrogens is 346 g/mol. The summed E-state index contributed by atoms with van der Waals surface area (Å²) >= 11 is 1.35. The largest absolute Gasteiger partial charge is 0.411 e. The summed E-state index contributed by atoms with van der Waals surface area (Å²) in [5.74, 6) is 1.80. The van der Waals surface area contributed by atoms with Crippen molar-refractivity contribution in [3.8, 4) is 11.5 Å². The van der Waals surface area contributed by atoms with E-state index in [0.29, 0.717) is 28.8 Å². The van der Waals surface area contributed by atoms with Crippen LogP contribution in [-0.2, 0) is 4.79 Å². The van der Waals surface area contributed by atoms with Crippen molar-refractivity contribution in [1.29, 1.82) is 0 Å². The summed E-state index contributed by atoms with van der Waals surface area (Å²) in [7, 11) is 0. The molecule has 6 heteroatoms. The summed E-state index contributed by atoms with van der Waals surface area (Å²) in [4.78, 5) is 14.9. The van der Waals surface area contributed by atoms with Gasteiger partial charge in [-0.05, 0) is 50.7 Å². The Kier molecular flexibility index (Phi) is 5.29. The van der Waals surface area contributed by atoms with Gasteiger partial charge in [0, 0.05) is 18.2 Å². The Labute approximate surface area is 158 Å². The van der Waals surface area contributed by atoms with Crippen LogP contribution in [0.3, 0.4) is 0 Å². The number of benzene rings is 1. The summed E-state index contributed by atoms with van der Waals surface area (Å²) in [6, 6.07) is 8.44. The zero-order valence-corrected chi connectivity index (χ0v) is 16.0. The van der Waals surface area contributed by atoms with Crippen molar-refractivity contribution < 1.29 is 9.21 Å². The minimum atomic E-state index is 0.210. The molecule has 1 saturated carbocycles. The van der Waals surface area contributed by atoms with Gasteiger partial charge in [-0.15, -0.1) is 10.2 Å². The van der Waals surface area contributed by atoms with Crippen molar-refractivity contribution in [3.05, 3.63) is 29.8 Å². The first kappa shape index (κ1) is 17.6. The average Bonchev–Trinajstić information content (AvgIpc) is 3.15. The van der Waals surface area contributed by atoms with Gasteiger partial charge in [0.05, 0.1) is 5.75 Å². The van der Waals surface area contributed by atoms with Crippen LogP contribution in [0, 0.1) is 12.8 Å². The van der Waals surface area contributed by atoms with E-state index in [1.165, 1.54) is 43.9 Å². The molecule has 1 aliphatic heterocycles. The smallest absolute Gasteiger partial charge is 0.277 e. The normalized spacial score (nSPS) is 22.9. The van der Waals surface area contributed by atoms with E-state index in [9.17, 15) is 4.79 Å². The summed E-state index contributed by atoms with van der Waals surface area (Å²) in [6.45, 7) is 2.93. The Morgan fingerprint density at radius 1 is 1.23 bits per heavy atom. The zero-order chi connectivity index (χ0) is 17.9. The zero-order valence-electron chi connectivity index (χ0n) is 15.2. The van der Waals surface area contributed by atoms with E-state index in [-0.39, 0.29) is 5.91 Å². The standard InChI is InChI=1S/C20H25N3O2S/c1-14-6-4-8-16(12-14)19-21-22-20(25-19)26-13-18(24)23-11-5-9-15-7-2-3-10-17(15)23/h4,6,8,12,15,17H,2-3,5,7,9-11,13H2,1H3/t15-,17-/m0/s1. The van der Waals surface area contributed by atoms with Gasteiger partial charge in [-0.1, -0.05) is 42.3 Å². The second-order valence-corrected chi connectivity index (χ2v) is 8.30. The Balaban J connectivity index is 1.37. The van der Waals surface area contributed by atoms with E-state index in [0.717, 1.165) is 24.1 Å². The lowest BCUT2D eigenvalue weighted by atomic mass is 9.78. The third-order valence-electron chi connectivity index (χ3n) is 5.55. The van der Waals surface area contributed by atoms with Crippen LogP contribution in [0.4, 0.5) is 0 Å². The monoisotopic (exact) mass is 371 g/mol. The number of thioether (sulfide) groups is 1. The quantitative estimate of drug-likeness (QED) is 0.749. The number of amides is 1. The van der Waals surface area contributed by atoms with Crippen LogP contribution in [0.2, 0.25) is 0 Å². The maximum Gasteiger partial charge on any atom is 0.277 e. The fourth-order valence-corrected chi connectivity index (χ4v) is 4.95. The molecule has 4 rings (SSSR count). The van der Waals surface area contributed by atoms with E-state index in [1.807, 2.05) is 31.2 Å². The minimum absolute atomic E-state index is 0.210. The number of rotatable bonds is 4. The summed E-state index contributed by atoms with van der Waals surface area (Å²) in [5.41, 5.74) is 2.06. The van der Waals surface area contributed by atoms with Gasteiger partial charge in [0.15, 0.2) is 0 Å². The van der Waals surface area contributed by atoms with Crippen molar-refractivity contribution in [3.63, 3.8) is 0 Å². The molecule has 1 saturated heterocycles. The number of aryl methyl sites for hydroxylation is 1. The molecule has 2 fully saturated rings. The topological polar surface area (TPSA) is 59.2 Å². The van der Waals surface area contributed by atoms with E-state index in [2.05, 4.69) is 15.1 Å². The molecule has 5 nitrogen and oxygen atoms in total. The van der Waals surface area contributed by atoms with Crippen LogP contribution in [-0.4, -0.2) is 39.3 Å². The minimum Gasteiger partial charge on any atom is -0.411 e. The number of hydrogen-bond acceptors (Lipinski definition) is 5. The van der Waals surface area contributed by atoms with Crippen LogP contribution in [0.1, 0.15) is 44.1 Å². The Hall–Kier alpha value is -1.82. The van der Waals surface area contributed by atoms with Crippen molar-refractivity contribution in [2.75, 3.05) is 12.3 Å². The number of carbonyl (C=O) groups excluding carboxylic acids is 1. The van der Waals surface area contributed by atoms with Crippen LogP contribution in [0.25, 0.3) is 11.5 Å². The van der Waals surface area contributed by atoms with Gasteiger partial charge in [0.2, 0.25) is 11.8 Å². The SMILES string of the molecule is Cc1cccc(-c2nnc(SCC(=O)N3CCC[C@@H]4CCCC[C@@H]43)o2)c1. The molecule has 0 spiro atoms. The highest BCUT2D eigenvalue weighted by atomic mass is 32.2. The summed E-state index contributed by atoms with van der Waals surface area (Å²) < 4.78 is 5.74. The molecule has 138 valence electrons. The van der Waals surface area contributed by atoms with Crippen LogP contribution in [0.5, 0.6) is 0 Å². The van der Waals surface area contributed by atoms with Crippen molar-refractivity contribution in [2.45, 2.75) is 56.7 Å². The Morgan fingerprint density at radius 2 is 2.08 bits per heavy atom. The molecule has 0 bridgehead atoms. The van der Waals surface area contributed by atoms with Crippen LogP contribution >= 0.6 is 11.8 Å². The first-order chi connectivity index (χ1) is 12.7. The summed E-state index contributed by atoms with van der Waals surface area (Å²) in [5, 5.41) is 8.68. The van der Waals surface area contributed by atoms with Gasteiger partial charge in [0.1, 0.15) is 0 Å². The highest BCUT2D eigenvalue weighted by Crippen LogP contribution is 2.35. The van der Waals surface area contributed by atoms with Gasteiger partial charge < -0.3 is 9.32 Å². The lowest BCUT2D eigenvalue weighted by molar-refractivity contribution is -0.134. The number of likely N-dealkylation sites (tertiary alicyclic amines) is 1. The Bertz CT molecular complexity index is 774. The number of aromatic nitrogens is 2. The second-order valence-electron chi connectivity index (χ2n) is 7.37. The van der Waals surface area contributed by atoms with Gasteiger partial charge in [-0.2, -0.15) is 0 Å². The van der Waals surface area contributed by atoms with Gasteiger partial charge in [0.25, 0.3) is 5.22 Å². The lowest BCUT2D eigenvalue weighted by Gasteiger charge is -2.44. The van der Waals surface area contributed by atoms with Crippen LogP contribution < -0.4 is 0 Å². The molecule has 2 aromatic rings. The van der Waals surface area contributed by atoms with E-state index in [4.69, 9.17) is 4.42 Å². The van der Waals surface area contributed by atoms with Crippen LogP contribution in [0.15, 0.2) is 33.9 Å². The predicted molar refractivity (Wildman–Crippen MR) is 102 cm³/mol. The average molecular weight is 372 g/mol.